The van der Waals surface area contributed by atoms with Crippen LogP contribution in [0.3, 0.4) is 0 Å². The van der Waals surface area contributed by atoms with E-state index in [-0.39, 0.29) is 0 Å². The van der Waals surface area contributed by atoms with Gasteiger partial charge in [0.1, 0.15) is 0 Å². The number of ether oxygens (including phenoxy) is 2. The average molecular weight is 304 g/mol. The van der Waals surface area contributed by atoms with Crippen LogP contribution in [0, 0.1) is 5.92 Å². The number of rotatable bonds is 4. The molecule has 2 fully saturated rings. The second kappa shape index (κ2) is 6.46. The molecule has 0 atom stereocenters. The Morgan fingerprint density at radius 2 is 1.73 bits per heavy atom. The molecule has 3 rings (SSSR count). The Balaban J connectivity index is 1.62. The molecule has 0 aromatic heterocycles. The first kappa shape index (κ1) is 15.0. The molecule has 0 spiro atoms. The molecule has 0 bridgehead atoms. The van der Waals surface area contributed by atoms with Crippen molar-refractivity contribution in [1.82, 2.24) is 4.90 Å². The minimum atomic E-state index is 0.299. The highest BCUT2D eigenvalue weighted by atomic mass is 16.5. The fraction of sp³-hybridized carbons (Fsp3) is 0.588. The standard InChI is InChI=1S/C17H24N2O3/c1-21-15-7-6-14(12-16(15)22-2)18-8-10-19(11-9-18)17(20)13-4-3-5-13/h6-7,12-13H,3-5,8-11H2,1-2H3. The number of nitrogens with zero attached hydrogens (tertiary/aromatic N) is 2. The highest BCUT2D eigenvalue weighted by molar-refractivity contribution is 5.80. The second-order valence-electron chi connectivity index (χ2n) is 5.98. The van der Waals surface area contributed by atoms with Gasteiger partial charge in [0.25, 0.3) is 0 Å². The molecular formula is C17H24N2O3. The van der Waals surface area contributed by atoms with Gasteiger partial charge >= 0.3 is 0 Å². The third kappa shape index (κ3) is 2.85. The summed E-state index contributed by atoms with van der Waals surface area (Å²) in [5.74, 6) is 2.14. The summed E-state index contributed by atoms with van der Waals surface area (Å²) < 4.78 is 10.6. The van der Waals surface area contributed by atoms with Crippen molar-refractivity contribution in [1.29, 1.82) is 0 Å². The van der Waals surface area contributed by atoms with Crippen LogP contribution in [-0.4, -0.2) is 51.2 Å². The van der Waals surface area contributed by atoms with Gasteiger partial charge < -0.3 is 19.3 Å². The molecule has 1 amide bonds. The Hall–Kier alpha value is -1.91. The van der Waals surface area contributed by atoms with Crippen molar-refractivity contribution >= 4 is 11.6 Å². The molecule has 0 N–H and O–H groups in total. The van der Waals surface area contributed by atoms with E-state index in [9.17, 15) is 4.79 Å². The highest BCUT2D eigenvalue weighted by Crippen LogP contribution is 2.32. The van der Waals surface area contributed by atoms with Crippen LogP contribution in [0.15, 0.2) is 18.2 Å². The smallest absolute Gasteiger partial charge is 0.225 e. The third-order valence-corrected chi connectivity index (χ3v) is 4.78. The van der Waals surface area contributed by atoms with Gasteiger partial charge in [0, 0.05) is 43.9 Å². The minimum Gasteiger partial charge on any atom is -0.493 e. The van der Waals surface area contributed by atoms with Crippen LogP contribution in [0.2, 0.25) is 0 Å². The zero-order valence-electron chi connectivity index (χ0n) is 13.4. The van der Waals surface area contributed by atoms with Gasteiger partial charge in [-0.3, -0.25) is 4.79 Å². The van der Waals surface area contributed by atoms with Gasteiger partial charge in [-0.15, -0.1) is 0 Å². The topological polar surface area (TPSA) is 42.0 Å². The lowest BCUT2D eigenvalue weighted by atomic mass is 9.84. The van der Waals surface area contributed by atoms with Crippen LogP contribution in [0.5, 0.6) is 11.5 Å². The van der Waals surface area contributed by atoms with Crippen LogP contribution in [0.25, 0.3) is 0 Å². The van der Waals surface area contributed by atoms with E-state index in [4.69, 9.17) is 9.47 Å². The fourth-order valence-electron chi connectivity index (χ4n) is 3.12. The Kier molecular flexibility index (Phi) is 4.41. The maximum Gasteiger partial charge on any atom is 0.225 e. The van der Waals surface area contributed by atoms with E-state index in [1.165, 1.54) is 6.42 Å². The zero-order valence-corrected chi connectivity index (χ0v) is 13.4. The van der Waals surface area contributed by atoms with E-state index >= 15 is 0 Å². The van der Waals surface area contributed by atoms with Crippen molar-refractivity contribution < 1.29 is 14.3 Å². The van der Waals surface area contributed by atoms with E-state index in [1.54, 1.807) is 14.2 Å². The predicted octanol–water partition coefficient (Wildman–Crippen LogP) is 2.15. The number of carbonyl (C=O) groups is 1. The number of amides is 1. The Bertz CT molecular complexity index is 535. The minimum absolute atomic E-state index is 0.299. The molecule has 5 nitrogen and oxygen atoms in total. The number of piperazine rings is 1. The summed E-state index contributed by atoms with van der Waals surface area (Å²) in [5, 5.41) is 0. The van der Waals surface area contributed by atoms with E-state index in [0.29, 0.717) is 11.8 Å². The summed E-state index contributed by atoms with van der Waals surface area (Å²) in [5.41, 5.74) is 1.12. The van der Waals surface area contributed by atoms with Crippen molar-refractivity contribution in [3.05, 3.63) is 18.2 Å². The van der Waals surface area contributed by atoms with Crippen LogP contribution in [0.4, 0.5) is 5.69 Å². The van der Waals surface area contributed by atoms with Gasteiger partial charge in [-0.2, -0.15) is 0 Å². The summed E-state index contributed by atoms with van der Waals surface area (Å²) in [6.07, 6.45) is 3.37. The van der Waals surface area contributed by atoms with E-state index in [0.717, 1.165) is 56.2 Å². The number of benzene rings is 1. The second-order valence-corrected chi connectivity index (χ2v) is 5.98. The van der Waals surface area contributed by atoms with E-state index in [2.05, 4.69) is 4.90 Å². The number of methoxy groups -OCH3 is 2. The van der Waals surface area contributed by atoms with E-state index in [1.807, 2.05) is 23.1 Å². The Morgan fingerprint density at radius 1 is 1.05 bits per heavy atom. The van der Waals surface area contributed by atoms with Gasteiger partial charge in [-0.05, 0) is 25.0 Å². The molecule has 1 aliphatic carbocycles. The lowest BCUT2D eigenvalue weighted by molar-refractivity contribution is -0.138. The first-order valence-corrected chi connectivity index (χ1v) is 7.98. The molecule has 1 heterocycles. The molecule has 1 aromatic rings. The van der Waals surface area contributed by atoms with Crippen molar-refractivity contribution in [2.45, 2.75) is 19.3 Å². The molecule has 1 saturated heterocycles. The molecule has 120 valence electrons. The Labute approximate surface area is 131 Å². The molecule has 1 aliphatic heterocycles. The normalized spacial score (nSPS) is 18.8. The van der Waals surface area contributed by atoms with Crippen molar-refractivity contribution in [2.75, 3.05) is 45.3 Å². The molecule has 2 aliphatic rings. The lowest BCUT2D eigenvalue weighted by Crippen LogP contribution is -2.51. The molecule has 0 radical (unpaired) electrons. The highest BCUT2D eigenvalue weighted by Gasteiger charge is 2.31. The third-order valence-electron chi connectivity index (χ3n) is 4.78. The summed E-state index contributed by atoms with van der Waals surface area (Å²) in [6, 6.07) is 5.98. The van der Waals surface area contributed by atoms with Gasteiger partial charge in [0.15, 0.2) is 11.5 Å². The number of anilines is 1. The van der Waals surface area contributed by atoms with Gasteiger partial charge in [0.05, 0.1) is 14.2 Å². The van der Waals surface area contributed by atoms with Crippen LogP contribution >= 0.6 is 0 Å². The number of carbonyl (C=O) groups excluding carboxylic acids is 1. The molecule has 5 heteroatoms. The summed E-state index contributed by atoms with van der Waals surface area (Å²) in [7, 11) is 3.29. The van der Waals surface area contributed by atoms with Crippen LogP contribution < -0.4 is 14.4 Å². The molecular weight excluding hydrogens is 280 g/mol. The van der Waals surface area contributed by atoms with Crippen molar-refractivity contribution in [3.63, 3.8) is 0 Å². The maximum atomic E-state index is 12.3. The number of hydrogen-bond acceptors (Lipinski definition) is 4. The summed E-state index contributed by atoms with van der Waals surface area (Å²) >= 11 is 0. The van der Waals surface area contributed by atoms with Gasteiger partial charge in [-0.1, -0.05) is 6.42 Å². The summed E-state index contributed by atoms with van der Waals surface area (Å²) in [4.78, 5) is 16.6. The van der Waals surface area contributed by atoms with Crippen LogP contribution in [0.1, 0.15) is 19.3 Å². The molecule has 1 saturated carbocycles. The first-order valence-electron chi connectivity index (χ1n) is 7.98. The number of hydrogen-bond donors (Lipinski definition) is 0. The zero-order chi connectivity index (χ0) is 15.5. The first-order chi connectivity index (χ1) is 10.7. The SMILES string of the molecule is COc1ccc(N2CCN(C(=O)C3CCC3)CC2)cc1OC. The van der Waals surface area contributed by atoms with E-state index < -0.39 is 0 Å². The maximum absolute atomic E-state index is 12.3. The molecule has 0 unspecified atom stereocenters. The monoisotopic (exact) mass is 304 g/mol. The predicted molar refractivity (Wildman–Crippen MR) is 85.7 cm³/mol. The quantitative estimate of drug-likeness (QED) is 0.855. The molecule has 22 heavy (non-hydrogen) atoms. The fourth-order valence-corrected chi connectivity index (χ4v) is 3.12. The van der Waals surface area contributed by atoms with Gasteiger partial charge in [0.2, 0.25) is 5.91 Å². The lowest BCUT2D eigenvalue weighted by Gasteiger charge is -2.39. The van der Waals surface area contributed by atoms with Crippen molar-refractivity contribution in [2.24, 2.45) is 5.92 Å². The van der Waals surface area contributed by atoms with Crippen molar-refractivity contribution in [3.8, 4) is 11.5 Å². The largest absolute Gasteiger partial charge is 0.493 e. The van der Waals surface area contributed by atoms with Gasteiger partial charge in [-0.25, -0.2) is 0 Å². The van der Waals surface area contributed by atoms with Crippen LogP contribution in [-0.2, 0) is 4.79 Å². The summed E-state index contributed by atoms with van der Waals surface area (Å²) in [6.45, 7) is 3.36. The molecule has 1 aromatic carbocycles. The Morgan fingerprint density at radius 3 is 2.27 bits per heavy atom. The average Bonchev–Trinajstić information content (AvgIpc) is 2.52.